The summed E-state index contributed by atoms with van der Waals surface area (Å²) in [5.74, 6) is -7.11. The van der Waals surface area contributed by atoms with E-state index in [-0.39, 0.29) is 17.2 Å². The number of amides is 2. The van der Waals surface area contributed by atoms with Gasteiger partial charge >= 0.3 is 18.1 Å². The van der Waals surface area contributed by atoms with E-state index in [1.165, 1.54) is 48.5 Å². The Morgan fingerprint density at radius 1 is 1.10 bits per heavy atom. The molecule has 17 heteroatoms. The number of carboxylic acids is 1. The maximum absolute atomic E-state index is 13.0. The molecule has 226 valence electrons. The number of hydrogen-bond donors (Lipinski definition) is 7. The molecule has 9 N–H and O–H groups in total. The minimum atomic E-state index is -5.46. The fourth-order valence-corrected chi connectivity index (χ4v) is 3.12. The van der Waals surface area contributed by atoms with Gasteiger partial charge in [0.05, 0.1) is 25.3 Å². The number of hydrogen-bond acceptors (Lipinski definition) is 9. The van der Waals surface area contributed by atoms with Crippen LogP contribution in [0.15, 0.2) is 53.5 Å². The number of benzene rings is 2. The maximum Gasteiger partial charge on any atom is 0.491 e. The van der Waals surface area contributed by atoms with Crippen LogP contribution in [-0.2, 0) is 19.1 Å². The Hall–Kier alpha value is -5.19. The smallest absolute Gasteiger partial charge is 0.491 e. The molecule has 0 aromatic heterocycles. The topological polar surface area (TPSA) is 231 Å². The van der Waals surface area contributed by atoms with Gasteiger partial charge in [-0.15, -0.1) is 0 Å². The highest BCUT2D eigenvalue weighted by atomic mass is 19.4. The SMILES string of the molecule is N=C(N)Nc1cccc(C(=O)NCC(=O)NC(CC(=O)O)C(=Nc2ccc(OCCCN)cc2)OC(=O)C(F)(F)F)c1. The van der Waals surface area contributed by atoms with Gasteiger partial charge in [-0.1, -0.05) is 6.07 Å². The number of aliphatic imine (C=N–C) groups is 1. The Morgan fingerprint density at radius 2 is 1.79 bits per heavy atom. The van der Waals surface area contributed by atoms with Crippen LogP contribution in [0.1, 0.15) is 23.2 Å². The van der Waals surface area contributed by atoms with Crippen LogP contribution in [-0.4, -0.2) is 72.6 Å². The summed E-state index contributed by atoms with van der Waals surface area (Å²) in [5.41, 5.74) is 11.0. The largest absolute Gasteiger partial charge is 0.494 e. The van der Waals surface area contributed by atoms with Crippen LogP contribution in [0, 0.1) is 5.41 Å². The van der Waals surface area contributed by atoms with Crippen LogP contribution in [0.3, 0.4) is 0 Å². The number of esters is 1. The molecule has 2 amide bonds. The molecule has 1 unspecified atom stereocenters. The molecule has 0 bridgehead atoms. The molecule has 0 saturated carbocycles. The van der Waals surface area contributed by atoms with Gasteiger partial charge in [-0.25, -0.2) is 9.79 Å². The number of guanidine groups is 1. The number of ether oxygens (including phenoxy) is 2. The van der Waals surface area contributed by atoms with E-state index in [1.54, 1.807) is 0 Å². The molecule has 2 aromatic carbocycles. The number of nitrogens with one attached hydrogen (secondary N) is 4. The predicted octanol–water partition coefficient (Wildman–Crippen LogP) is 1.24. The molecular weight excluding hydrogens is 567 g/mol. The first-order valence-corrected chi connectivity index (χ1v) is 12.1. The van der Waals surface area contributed by atoms with E-state index in [1.807, 2.05) is 0 Å². The number of anilines is 1. The molecule has 42 heavy (non-hydrogen) atoms. The van der Waals surface area contributed by atoms with Crippen molar-refractivity contribution in [3.63, 3.8) is 0 Å². The summed E-state index contributed by atoms with van der Waals surface area (Å²) >= 11 is 0. The summed E-state index contributed by atoms with van der Waals surface area (Å²) < 4.78 is 48.7. The van der Waals surface area contributed by atoms with Crippen molar-refractivity contribution in [1.29, 1.82) is 5.41 Å². The maximum atomic E-state index is 13.0. The second-order valence-electron chi connectivity index (χ2n) is 8.34. The Morgan fingerprint density at radius 3 is 2.38 bits per heavy atom. The Balaban J connectivity index is 2.24. The van der Waals surface area contributed by atoms with Crippen LogP contribution in [0.4, 0.5) is 24.5 Å². The first-order valence-electron chi connectivity index (χ1n) is 12.1. The lowest BCUT2D eigenvalue weighted by Crippen LogP contribution is -2.48. The summed E-state index contributed by atoms with van der Waals surface area (Å²) in [6, 6.07) is 9.30. The van der Waals surface area contributed by atoms with Gasteiger partial charge in [-0.2, -0.15) is 13.2 Å². The van der Waals surface area contributed by atoms with Crippen LogP contribution in [0.25, 0.3) is 0 Å². The van der Waals surface area contributed by atoms with E-state index in [4.69, 9.17) is 21.6 Å². The highest BCUT2D eigenvalue weighted by Crippen LogP contribution is 2.22. The highest BCUT2D eigenvalue weighted by Gasteiger charge is 2.43. The quantitative estimate of drug-likeness (QED) is 0.0758. The van der Waals surface area contributed by atoms with Crippen LogP contribution in [0.2, 0.25) is 0 Å². The molecular formula is C25H28F3N7O7. The fraction of sp³-hybridized carbons (Fsp3) is 0.280. The van der Waals surface area contributed by atoms with E-state index >= 15 is 0 Å². The van der Waals surface area contributed by atoms with Gasteiger partial charge in [0.25, 0.3) is 5.91 Å². The van der Waals surface area contributed by atoms with E-state index in [9.17, 15) is 37.5 Å². The van der Waals surface area contributed by atoms with E-state index in [0.29, 0.717) is 31.0 Å². The second kappa shape index (κ2) is 15.6. The molecule has 0 radical (unpaired) electrons. The number of carboxylic acid groups (broad SMARTS) is 1. The molecule has 0 saturated heterocycles. The standard InChI is InChI=1S/C25H28F3N7O7/c26-25(27,28)23(40)42-22(33-15-5-7-17(8-6-15)41-10-2-9-29)18(12-20(37)38)35-19(36)13-32-21(39)14-3-1-4-16(11-14)34-24(30)31/h1,3-8,11,18H,2,9-10,12-13,29H2,(H,32,39)(H,35,36)(H,37,38)(H4,30,31,34). The van der Waals surface area contributed by atoms with E-state index in [0.717, 1.165) is 0 Å². The Bertz CT molecular complexity index is 1320. The van der Waals surface area contributed by atoms with Gasteiger partial charge in [-0.05, 0) is 55.4 Å². The van der Waals surface area contributed by atoms with Crippen molar-refractivity contribution in [2.45, 2.75) is 25.1 Å². The second-order valence-corrected chi connectivity index (χ2v) is 8.34. The number of alkyl halides is 3. The predicted molar refractivity (Wildman–Crippen MR) is 143 cm³/mol. The summed E-state index contributed by atoms with van der Waals surface area (Å²) in [4.78, 5) is 51.9. The molecule has 0 aliphatic rings. The zero-order valence-electron chi connectivity index (χ0n) is 21.9. The Kier molecular flexibility index (Phi) is 12.2. The molecule has 14 nitrogen and oxygen atoms in total. The lowest BCUT2D eigenvalue weighted by molar-refractivity contribution is -0.191. The Labute approximate surface area is 236 Å². The minimum Gasteiger partial charge on any atom is -0.494 e. The van der Waals surface area contributed by atoms with Crippen LogP contribution in [0.5, 0.6) is 5.75 Å². The molecule has 0 heterocycles. The normalized spacial score (nSPS) is 12.0. The zero-order valence-corrected chi connectivity index (χ0v) is 21.9. The average Bonchev–Trinajstić information content (AvgIpc) is 2.91. The summed E-state index contributed by atoms with van der Waals surface area (Å²) in [5, 5.41) is 23.4. The number of carbonyl (C=O) groups excluding carboxylic acids is 3. The number of aliphatic carboxylic acids is 1. The van der Waals surface area contributed by atoms with Crippen LogP contribution < -0.4 is 32.2 Å². The average molecular weight is 596 g/mol. The summed E-state index contributed by atoms with van der Waals surface area (Å²) in [7, 11) is 0. The lowest BCUT2D eigenvalue weighted by atomic mass is 10.2. The van der Waals surface area contributed by atoms with Crippen molar-refractivity contribution in [3.8, 4) is 5.75 Å². The molecule has 0 aliphatic carbocycles. The van der Waals surface area contributed by atoms with Crippen molar-refractivity contribution < 1.29 is 46.9 Å². The van der Waals surface area contributed by atoms with Crippen molar-refractivity contribution in [2.75, 3.05) is 25.0 Å². The van der Waals surface area contributed by atoms with Gasteiger partial charge in [0.15, 0.2) is 5.96 Å². The van der Waals surface area contributed by atoms with Gasteiger partial charge in [-0.3, -0.25) is 19.8 Å². The first kappa shape index (κ1) is 33.0. The van der Waals surface area contributed by atoms with Crippen molar-refractivity contribution in [1.82, 2.24) is 10.6 Å². The molecule has 0 fully saturated rings. The highest BCUT2D eigenvalue weighted by molar-refractivity contribution is 6.01. The summed E-state index contributed by atoms with van der Waals surface area (Å²) in [6.07, 6.45) is -5.92. The monoisotopic (exact) mass is 595 g/mol. The number of rotatable bonds is 13. The summed E-state index contributed by atoms with van der Waals surface area (Å²) in [6.45, 7) is -0.0470. The third-order valence-corrected chi connectivity index (χ3v) is 4.95. The van der Waals surface area contributed by atoms with Crippen molar-refractivity contribution in [2.24, 2.45) is 16.5 Å². The molecule has 2 rings (SSSR count). The third-order valence-electron chi connectivity index (χ3n) is 4.95. The number of nitrogens with two attached hydrogens (primary N) is 2. The van der Waals surface area contributed by atoms with Gasteiger partial charge < -0.3 is 42.0 Å². The van der Waals surface area contributed by atoms with Crippen LogP contribution >= 0.6 is 0 Å². The zero-order chi connectivity index (χ0) is 31.3. The van der Waals surface area contributed by atoms with E-state index in [2.05, 4.69) is 25.7 Å². The molecule has 0 spiro atoms. The molecule has 0 aliphatic heterocycles. The van der Waals surface area contributed by atoms with Gasteiger partial charge in [0, 0.05) is 11.3 Å². The lowest BCUT2D eigenvalue weighted by Gasteiger charge is -2.20. The molecule has 1 atom stereocenters. The van der Waals surface area contributed by atoms with Crippen molar-refractivity contribution >= 4 is 47.0 Å². The number of halogens is 3. The van der Waals surface area contributed by atoms with Crippen molar-refractivity contribution in [3.05, 3.63) is 54.1 Å². The fourth-order valence-electron chi connectivity index (χ4n) is 3.12. The number of carbonyl (C=O) groups is 4. The number of nitrogens with zero attached hydrogens (tertiary/aromatic N) is 1. The minimum absolute atomic E-state index is 0.0526. The molecule has 2 aromatic rings. The third kappa shape index (κ3) is 11.5. The first-order chi connectivity index (χ1) is 19.8. The van der Waals surface area contributed by atoms with Gasteiger partial charge in [0.2, 0.25) is 11.8 Å². The van der Waals surface area contributed by atoms with Gasteiger partial charge in [0.1, 0.15) is 11.8 Å². The van der Waals surface area contributed by atoms with E-state index < -0.39 is 54.8 Å².